The molecule has 0 spiro atoms. The van der Waals surface area contributed by atoms with Gasteiger partial charge in [0.1, 0.15) is 11.9 Å². The van der Waals surface area contributed by atoms with Crippen molar-refractivity contribution in [3.8, 4) is 5.75 Å². The van der Waals surface area contributed by atoms with Gasteiger partial charge >= 0.3 is 0 Å². The maximum Gasteiger partial charge on any atom is 0.155 e. The number of carbonyl (C=O) groups is 1. The maximum absolute atomic E-state index is 11.3. The zero-order valence-electron chi connectivity index (χ0n) is 9.85. The minimum atomic E-state index is -0.700. The third-order valence-corrected chi connectivity index (χ3v) is 3.00. The molecule has 0 fully saturated rings. The highest BCUT2D eigenvalue weighted by atomic mass is 16.5. The molecule has 1 unspecified atom stereocenters. The number of hydrogen-bond donors (Lipinski definition) is 1. The monoisotopic (exact) mass is 232 g/mol. The molecule has 1 aliphatic carbocycles. The fraction of sp³-hybridized carbons (Fsp3) is 0.357. The number of rotatable bonds is 3. The highest BCUT2D eigenvalue weighted by Gasteiger charge is 2.18. The van der Waals surface area contributed by atoms with Crippen molar-refractivity contribution in [2.75, 3.05) is 7.11 Å². The number of methoxy groups -OCH3 is 1. The first-order chi connectivity index (χ1) is 8.20. The topological polar surface area (TPSA) is 46.5 Å². The van der Waals surface area contributed by atoms with Gasteiger partial charge in [0.2, 0.25) is 0 Å². The highest BCUT2D eigenvalue weighted by molar-refractivity contribution is 5.91. The van der Waals surface area contributed by atoms with E-state index in [-0.39, 0.29) is 5.78 Å². The molecule has 0 saturated carbocycles. The minimum absolute atomic E-state index is 0.105. The Morgan fingerprint density at radius 1 is 1.35 bits per heavy atom. The number of aliphatic hydroxyl groups is 1. The van der Waals surface area contributed by atoms with Crippen LogP contribution in [0.2, 0.25) is 0 Å². The molecule has 1 aliphatic rings. The number of ketones is 1. The van der Waals surface area contributed by atoms with Crippen LogP contribution in [0, 0.1) is 0 Å². The summed E-state index contributed by atoms with van der Waals surface area (Å²) < 4.78 is 5.12. The molecule has 1 atom stereocenters. The molecule has 3 heteroatoms. The van der Waals surface area contributed by atoms with Crippen LogP contribution in [0.25, 0.3) is 0 Å². The maximum atomic E-state index is 11.3. The SMILES string of the molecule is COc1cccc(C(O)C2=CC(=O)CCC2)c1. The van der Waals surface area contributed by atoms with Crippen LogP contribution in [0.4, 0.5) is 0 Å². The van der Waals surface area contributed by atoms with E-state index in [4.69, 9.17) is 4.74 Å². The van der Waals surface area contributed by atoms with Crippen LogP contribution in [0.1, 0.15) is 30.9 Å². The predicted octanol–water partition coefficient (Wildman–Crippen LogP) is 2.41. The molecule has 0 radical (unpaired) electrons. The van der Waals surface area contributed by atoms with Crippen molar-refractivity contribution in [3.05, 3.63) is 41.5 Å². The molecule has 1 aromatic carbocycles. The second-order valence-corrected chi connectivity index (χ2v) is 4.22. The molecule has 3 nitrogen and oxygen atoms in total. The number of benzene rings is 1. The van der Waals surface area contributed by atoms with Crippen molar-refractivity contribution in [1.82, 2.24) is 0 Å². The summed E-state index contributed by atoms with van der Waals surface area (Å²) in [5, 5.41) is 10.2. The minimum Gasteiger partial charge on any atom is -0.497 e. The summed E-state index contributed by atoms with van der Waals surface area (Å²) in [5.41, 5.74) is 1.57. The molecule has 1 aromatic rings. The molecule has 1 N–H and O–H groups in total. The fourth-order valence-corrected chi connectivity index (χ4v) is 2.06. The number of allylic oxidation sites excluding steroid dienone is 1. The summed E-state index contributed by atoms with van der Waals surface area (Å²) in [6.45, 7) is 0. The summed E-state index contributed by atoms with van der Waals surface area (Å²) >= 11 is 0. The smallest absolute Gasteiger partial charge is 0.155 e. The normalized spacial score (nSPS) is 17.5. The van der Waals surface area contributed by atoms with Crippen LogP contribution < -0.4 is 4.74 Å². The van der Waals surface area contributed by atoms with Crippen LogP contribution >= 0.6 is 0 Å². The van der Waals surface area contributed by atoms with Crippen LogP contribution in [0.5, 0.6) is 5.75 Å². The van der Waals surface area contributed by atoms with E-state index in [2.05, 4.69) is 0 Å². The van der Waals surface area contributed by atoms with Gasteiger partial charge in [-0.2, -0.15) is 0 Å². The quantitative estimate of drug-likeness (QED) is 0.870. The van der Waals surface area contributed by atoms with Gasteiger partial charge in [-0.05, 0) is 42.2 Å². The summed E-state index contributed by atoms with van der Waals surface area (Å²) in [5.74, 6) is 0.817. The summed E-state index contributed by atoms with van der Waals surface area (Å²) in [6.07, 6.45) is 3.08. The van der Waals surface area contributed by atoms with Gasteiger partial charge < -0.3 is 9.84 Å². The van der Waals surface area contributed by atoms with Crippen molar-refractivity contribution in [2.45, 2.75) is 25.4 Å². The van der Waals surface area contributed by atoms with E-state index >= 15 is 0 Å². The largest absolute Gasteiger partial charge is 0.497 e. The molecule has 0 bridgehead atoms. The standard InChI is InChI=1S/C14H16O3/c1-17-13-7-3-5-11(9-13)14(16)10-4-2-6-12(15)8-10/h3,5,7-9,14,16H,2,4,6H2,1H3. The van der Waals surface area contributed by atoms with Gasteiger partial charge in [-0.1, -0.05) is 12.1 Å². The van der Waals surface area contributed by atoms with Gasteiger partial charge in [0, 0.05) is 6.42 Å². The lowest BCUT2D eigenvalue weighted by molar-refractivity contribution is -0.115. The lowest BCUT2D eigenvalue weighted by atomic mass is 9.91. The van der Waals surface area contributed by atoms with Gasteiger partial charge in [-0.25, -0.2) is 0 Å². The molecular weight excluding hydrogens is 216 g/mol. The molecule has 2 rings (SSSR count). The lowest BCUT2D eigenvalue weighted by Gasteiger charge is -2.18. The average molecular weight is 232 g/mol. The Labute approximate surface area is 101 Å². The third kappa shape index (κ3) is 2.74. The second-order valence-electron chi connectivity index (χ2n) is 4.22. The van der Waals surface area contributed by atoms with E-state index in [0.29, 0.717) is 12.2 Å². The van der Waals surface area contributed by atoms with E-state index in [1.807, 2.05) is 18.2 Å². The molecule has 0 amide bonds. The Hall–Kier alpha value is -1.61. The van der Waals surface area contributed by atoms with Crippen LogP contribution in [0.3, 0.4) is 0 Å². The van der Waals surface area contributed by atoms with Crippen molar-refractivity contribution in [2.24, 2.45) is 0 Å². The summed E-state index contributed by atoms with van der Waals surface area (Å²) in [6, 6.07) is 7.30. The fourth-order valence-electron chi connectivity index (χ4n) is 2.06. The number of hydrogen-bond acceptors (Lipinski definition) is 3. The molecule has 0 saturated heterocycles. The Kier molecular flexibility index (Phi) is 3.59. The summed E-state index contributed by atoms with van der Waals surface area (Å²) in [4.78, 5) is 11.3. The summed E-state index contributed by atoms with van der Waals surface area (Å²) in [7, 11) is 1.59. The Morgan fingerprint density at radius 3 is 2.88 bits per heavy atom. The van der Waals surface area contributed by atoms with Crippen molar-refractivity contribution < 1.29 is 14.6 Å². The van der Waals surface area contributed by atoms with E-state index in [1.165, 1.54) is 0 Å². The van der Waals surface area contributed by atoms with E-state index in [9.17, 15) is 9.90 Å². The molecule has 90 valence electrons. The van der Waals surface area contributed by atoms with Gasteiger partial charge in [0.15, 0.2) is 5.78 Å². The third-order valence-electron chi connectivity index (χ3n) is 3.00. The molecular formula is C14H16O3. The van der Waals surface area contributed by atoms with E-state index in [0.717, 1.165) is 24.0 Å². The van der Waals surface area contributed by atoms with Gasteiger partial charge in [0.25, 0.3) is 0 Å². The van der Waals surface area contributed by atoms with E-state index in [1.54, 1.807) is 19.3 Å². The predicted molar refractivity (Wildman–Crippen MR) is 64.9 cm³/mol. The zero-order valence-corrected chi connectivity index (χ0v) is 9.85. The highest BCUT2D eigenvalue weighted by Crippen LogP contribution is 2.30. The van der Waals surface area contributed by atoms with Gasteiger partial charge in [-0.3, -0.25) is 4.79 Å². The Morgan fingerprint density at radius 2 is 2.18 bits per heavy atom. The Bertz CT molecular complexity index is 449. The Balaban J connectivity index is 2.23. The van der Waals surface area contributed by atoms with Crippen LogP contribution in [-0.4, -0.2) is 18.0 Å². The van der Waals surface area contributed by atoms with Crippen molar-refractivity contribution >= 4 is 5.78 Å². The lowest BCUT2D eigenvalue weighted by Crippen LogP contribution is -2.09. The number of ether oxygens (including phenoxy) is 1. The average Bonchev–Trinajstić information content (AvgIpc) is 2.38. The van der Waals surface area contributed by atoms with Gasteiger partial charge in [-0.15, -0.1) is 0 Å². The van der Waals surface area contributed by atoms with E-state index < -0.39 is 6.10 Å². The first-order valence-corrected chi connectivity index (χ1v) is 5.76. The van der Waals surface area contributed by atoms with Gasteiger partial charge in [0.05, 0.1) is 7.11 Å². The molecule has 0 aromatic heterocycles. The first kappa shape index (κ1) is 11.9. The molecule has 0 aliphatic heterocycles. The first-order valence-electron chi connectivity index (χ1n) is 5.76. The zero-order chi connectivity index (χ0) is 12.3. The van der Waals surface area contributed by atoms with Crippen molar-refractivity contribution in [3.63, 3.8) is 0 Å². The van der Waals surface area contributed by atoms with Crippen LogP contribution in [-0.2, 0) is 4.79 Å². The van der Waals surface area contributed by atoms with Crippen LogP contribution in [0.15, 0.2) is 35.9 Å². The second kappa shape index (κ2) is 5.15. The number of aliphatic hydroxyl groups excluding tert-OH is 1. The van der Waals surface area contributed by atoms with Crippen molar-refractivity contribution in [1.29, 1.82) is 0 Å². The molecule has 0 heterocycles. The number of carbonyl (C=O) groups excluding carboxylic acids is 1. The molecule has 17 heavy (non-hydrogen) atoms.